The summed E-state index contributed by atoms with van der Waals surface area (Å²) >= 11 is 0. The van der Waals surface area contributed by atoms with Crippen LogP contribution in [0.5, 0.6) is 0 Å². The van der Waals surface area contributed by atoms with Gasteiger partial charge < -0.3 is 5.73 Å². The Morgan fingerprint density at radius 1 is 1.30 bits per heavy atom. The van der Waals surface area contributed by atoms with Gasteiger partial charge in [-0.15, -0.1) is 0 Å². The number of nitrogens with two attached hydrogens (primary N) is 1. The number of rotatable bonds is 2. The van der Waals surface area contributed by atoms with Crippen LogP contribution in [0, 0.1) is 5.41 Å². The molecule has 2 aliphatic rings. The molecule has 106 valence electrons. The predicted molar refractivity (Wildman–Crippen MR) is 80.5 cm³/mol. The third-order valence-electron chi connectivity index (χ3n) is 4.59. The fourth-order valence-electron chi connectivity index (χ4n) is 3.38. The minimum absolute atomic E-state index is 0.132. The lowest BCUT2D eigenvalue weighted by Crippen LogP contribution is -2.45. The Kier molecular flexibility index (Phi) is 3.34. The zero-order chi connectivity index (χ0) is 14.2. The molecular formula is C16H21N3O. The van der Waals surface area contributed by atoms with E-state index in [1.807, 2.05) is 30.3 Å². The zero-order valence-corrected chi connectivity index (χ0v) is 11.9. The van der Waals surface area contributed by atoms with Crippen LogP contribution in [-0.4, -0.2) is 17.7 Å². The molecule has 1 aromatic carbocycles. The summed E-state index contributed by atoms with van der Waals surface area (Å²) < 4.78 is 0. The van der Waals surface area contributed by atoms with Crippen LogP contribution in [-0.2, 0) is 4.79 Å². The van der Waals surface area contributed by atoms with Crippen LogP contribution >= 0.6 is 0 Å². The minimum atomic E-state index is -0.388. The lowest BCUT2D eigenvalue weighted by molar-refractivity contribution is -0.125. The van der Waals surface area contributed by atoms with E-state index in [-0.39, 0.29) is 17.4 Å². The maximum atomic E-state index is 12.9. The Labute approximate surface area is 119 Å². The topological polar surface area (TPSA) is 58.7 Å². The van der Waals surface area contributed by atoms with Gasteiger partial charge in [-0.1, -0.05) is 25.1 Å². The van der Waals surface area contributed by atoms with Gasteiger partial charge in [0, 0.05) is 6.04 Å². The smallest absolute Gasteiger partial charge is 0.259 e. The molecule has 0 atom stereocenters. The minimum Gasteiger partial charge on any atom is -0.328 e. The van der Waals surface area contributed by atoms with E-state index in [1.165, 1.54) is 0 Å². The van der Waals surface area contributed by atoms with Crippen molar-refractivity contribution in [1.29, 1.82) is 0 Å². The number of amides is 1. The van der Waals surface area contributed by atoms with Crippen molar-refractivity contribution >= 4 is 17.3 Å². The van der Waals surface area contributed by atoms with Crippen molar-refractivity contribution in [3.63, 3.8) is 0 Å². The quantitative estimate of drug-likeness (QED) is 0.899. The van der Waals surface area contributed by atoms with E-state index >= 15 is 0 Å². The Bertz CT molecular complexity index is 530. The van der Waals surface area contributed by atoms with Gasteiger partial charge in [-0.25, -0.2) is 0 Å². The van der Waals surface area contributed by atoms with Crippen LogP contribution in [0.3, 0.4) is 0 Å². The van der Waals surface area contributed by atoms with E-state index in [9.17, 15) is 4.79 Å². The number of carbonyl (C=O) groups excluding carboxylic acids is 1. The number of hydrogen-bond donors (Lipinski definition) is 1. The first-order valence-electron chi connectivity index (χ1n) is 7.40. The summed E-state index contributed by atoms with van der Waals surface area (Å²) in [4.78, 5) is 12.9. The molecular weight excluding hydrogens is 250 g/mol. The highest BCUT2D eigenvalue weighted by Crippen LogP contribution is 2.44. The summed E-state index contributed by atoms with van der Waals surface area (Å²) in [6.07, 6.45) is 4.32. The second-order valence-electron chi connectivity index (χ2n) is 5.77. The molecule has 0 unspecified atom stereocenters. The lowest BCUT2D eigenvalue weighted by Gasteiger charge is -2.35. The number of para-hydroxylation sites is 1. The van der Waals surface area contributed by atoms with Crippen LogP contribution in [0.25, 0.3) is 0 Å². The maximum absolute atomic E-state index is 12.9. The van der Waals surface area contributed by atoms with Gasteiger partial charge in [0.15, 0.2) is 0 Å². The standard InChI is InChI=1S/C16H21N3O/c1-2-14-16(10-8-12(17)9-11-16)15(20)19(18-14)13-6-4-3-5-7-13/h3-7,12H,2,8-11,17H2,1H3. The fourth-order valence-corrected chi connectivity index (χ4v) is 3.38. The zero-order valence-electron chi connectivity index (χ0n) is 11.9. The second kappa shape index (κ2) is 5.02. The number of nitrogens with zero attached hydrogens (tertiary/aromatic N) is 2. The first-order valence-corrected chi connectivity index (χ1v) is 7.40. The van der Waals surface area contributed by atoms with Crippen molar-refractivity contribution < 1.29 is 4.79 Å². The fraction of sp³-hybridized carbons (Fsp3) is 0.500. The van der Waals surface area contributed by atoms with Gasteiger partial charge in [-0.05, 0) is 44.2 Å². The normalized spacial score (nSPS) is 29.9. The van der Waals surface area contributed by atoms with Crippen molar-refractivity contribution in [3.05, 3.63) is 30.3 Å². The monoisotopic (exact) mass is 271 g/mol. The van der Waals surface area contributed by atoms with Crippen molar-refractivity contribution in [3.8, 4) is 0 Å². The van der Waals surface area contributed by atoms with Gasteiger partial charge in [0.05, 0.1) is 16.8 Å². The summed E-state index contributed by atoms with van der Waals surface area (Å²) in [7, 11) is 0. The first-order chi connectivity index (χ1) is 9.67. The Morgan fingerprint density at radius 2 is 1.95 bits per heavy atom. The van der Waals surface area contributed by atoms with Crippen LogP contribution in [0.1, 0.15) is 39.0 Å². The van der Waals surface area contributed by atoms with Crippen molar-refractivity contribution in [1.82, 2.24) is 0 Å². The summed E-state index contributed by atoms with van der Waals surface area (Å²) in [6, 6.07) is 9.92. The molecule has 1 saturated carbocycles. The van der Waals surface area contributed by atoms with E-state index in [0.29, 0.717) is 0 Å². The van der Waals surface area contributed by atoms with E-state index < -0.39 is 0 Å². The Morgan fingerprint density at radius 3 is 2.55 bits per heavy atom. The highest BCUT2D eigenvalue weighted by atomic mass is 16.2. The van der Waals surface area contributed by atoms with Crippen LogP contribution in [0.2, 0.25) is 0 Å². The summed E-state index contributed by atoms with van der Waals surface area (Å²) in [5.74, 6) is 0.132. The molecule has 1 aromatic rings. The number of anilines is 1. The summed E-state index contributed by atoms with van der Waals surface area (Å²) in [5, 5.41) is 6.21. The van der Waals surface area contributed by atoms with Gasteiger partial charge in [0.2, 0.25) is 0 Å². The van der Waals surface area contributed by atoms with Crippen LogP contribution in [0.15, 0.2) is 35.4 Å². The summed E-state index contributed by atoms with van der Waals surface area (Å²) in [5.41, 5.74) is 7.49. The molecule has 1 spiro atoms. The molecule has 0 radical (unpaired) electrons. The first kappa shape index (κ1) is 13.3. The van der Waals surface area contributed by atoms with Crippen molar-refractivity contribution in [2.75, 3.05) is 5.01 Å². The van der Waals surface area contributed by atoms with Gasteiger partial charge in [0.1, 0.15) is 0 Å². The Hall–Kier alpha value is -1.68. The highest BCUT2D eigenvalue weighted by Gasteiger charge is 2.51. The molecule has 4 nitrogen and oxygen atoms in total. The van der Waals surface area contributed by atoms with Crippen LogP contribution < -0.4 is 10.7 Å². The van der Waals surface area contributed by atoms with Gasteiger partial charge in [-0.2, -0.15) is 10.1 Å². The molecule has 20 heavy (non-hydrogen) atoms. The molecule has 1 amide bonds. The predicted octanol–water partition coefficient (Wildman–Crippen LogP) is 2.69. The van der Waals surface area contributed by atoms with E-state index in [2.05, 4.69) is 12.0 Å². The molecule has 2 N–H and O–H groups in total. The van der Waals surface area contributed by atoms with Crippen molar-refractivity contribution in [2.24, 2.45) is 16.3 Å². The average Bonchev–Trinajstić information content (AvgIpc) is 2.76. The van der Waals surface area contributed by atoms with E-state index in [4.69, 9.17) is 5.73 Å². The average molecular weight is 271 g/mol. The third kappa shape index (κ3) is 1.95. The molecule has 1 aliphatic heterocycles. The largest absolute Gasteiger partial charge is 0.328 e. The highest BCUT2D eigenvalue weighted by molar-refractivity contribution is 6.19. The molecule has 1 fully saturated rings. The van der Waals surface area contributed by atoms with E-state index in [0.717, 1.165) is 43.5 Å². The van der Waals surface area contributed by atoms with Crippen LogP contribution in [0.4, 0.5) is 5.69 Å². The molecule has 4 heteroatoms. The number of carbonyl (C=O) groups is 1. The molecule has 1 aliphatic carbocycles. The second-order valence-corrected chi connectivity index (χ2v) is 5.77. The number of benzene rings is 1. The molecule has 1 heterocycles. The maximum Gasteiger partial charge on any atom is 0.259 e. The number of hydrogen-bond acceptors (Lipinski definition) is 3. The summed E-state index contributed by atoms with van der Waals surface area (Å²) in [6.45, 7) is 2.08. The molecule has 0 saturated heterocycles. The van der Waals surface area contributed by atoms with Gasteiger partial charge in [0.25, 0.3) is 5.91 Å². The molecule has 0 bridgehead atoms. The molecule has 0 aromatic heterocycles. The van der Waals surface area contributed by atoms with Gasteiger partial charge >= 0.3 is 0 Å². The molecule has 3 rings (SSSR count). The number of hydrazone groups is 1. The Balaban J connectivity index is 1.95. The van der Waals surface area contributed by atoms with Gasteiger partial charge in [-0.3, -0.25) is 4.79 Å². The van der Waals surface area contributed by atoms with E-state index in [1.54, 1.807) is 5.01 Å². The van der Waals surface area contributed by atoms with Crippen molar-refractivity contribution in [2.45, 2.75) is 45.1 Å². The lowest BCUT2D eigenvalue weighted by atomic mass is 9.68. The third-order valence-corrected chi connectivity index (χ3v) is 4.59. The SMILES string of the molecule is CCC1=NN(c2ccccc2)C(=O)C12CCC(N)CC2.